The molecule has 0 radical (unpaired) electrons. The minimum absolute atomic E-state index is 0.178. The molecule has 60 valence electrons. The zero-order valence-electron chi connectivity index (χ0n) is 5.70. The molecule has 5 nitrogen and oxygen atoms in total. The second-order valence-corrected chi connectivity index (χ2v) is 2.17. The van der Waals surface area contributed by atoms with Gasteiger partial charge in [0, 0.05) is 6.42 Å². The molecule has 1 amide bonds. The van der Waals surface area contributed by atoms with Crippen LogP contribution in [0.5, 0.6) is 0 Å². The smallest absolute Gasteiger partial charge is 0.336 e. The zero-order valence-corrected chi connectivity index (χ0v) is 5.70. The van der Waals surface area contributed by atoms with E-state index in [4.69, 9.17) is 0 Å². The zero-order chi connectivity index (χ0) is 8.27. The van der Waals surface area contributed by atoms with Gasteiger partial charge in [0.05, 0.1) is 0 Å². The molecule has 0 saturated carbocycles. The normalized spacial score (nSPS) is 24.2. The van der Waals surface area contributed by atoms with Crippen LogP contribution in [-0.4, -0.2) is 24.4 Å². The molecule has 0 aromatic heterocycles. The fourth-order valence-electron chi connectivity index (χ4n) is 0.848. The summed E-state index contributed by atoms with van der Waals surface area (Å²) in [6, 6.07) is -0.648. The topological polar surface area (TPSA) is 72.5 Å². The molecule has 0 unspecified atom stereocenters. The summed E-state index contributed by atoms with van der Waals surface area (Å²) in [5.41, 5.74) is 0. The minimum Gasteiger partial charge on any atom is -0.392 e. The Kier molecular flexibility index (Phi) is 2.20. The van der Waals surface area contributed by atoms with Gasteiger partial charge in [0.15, 0.2) is 0 Å². The van der Waals surface area contributed by atoms with Crippen LogP contribution in [0.1, 0.15) is 12.8 Å². The van der Waals surface area contributed by atoms with Gasteiger partial charge in [-0.2, -0.15) is 0 Å². The SMILES string of the molecule is O=CN[C@H]1CCC(=O)OC1=O. The first-order chi connectivity index (χ1) is 5.24. The number of esters is 2. The van der Waals surface area contributed by atoms with Gasteiger partial charge in [-0.15, -0.1) is 0 Å². The van der Waals surface area contributed by atoms with Crippen LogP contribution in [0.15, 0.2) is 0 Å². The van der Waals surface area contributed by atoms with Crippen LogP contribution in [0.4, 0.5) is 0 Å². The summed E-state index contributed by atoms with van der Waals surface area (Å²) in [4.78, 5) is 31.1. The molecule has 1 aliphatic heterocycles. The van der Waals surface area contributed by atoms with Crippen molar-refractivity contribution in [3.63, 3.8) is 0 Å². The second-order valence-electron chi connectivity index (χ2n) is 2.17. The van der Waals surface area contributed by atoms with E-state index in [9.17, 15) is 14.4 Å². The van der Waals surface area contributed by atoms with E-state index in [0.29, 0.717) is 12.8 Å². The van der Waals surface area contributed by atoms with Gasteiger partial charge in [-0.25, -0.2) is 4.79 Å². The lowest BCUT2D eigenvalue weighted by atomic mass is 10.1. The number of carbonyl (C=O) groups is 3. The Morgan fingerprint density at radius 1 is 1.55 bits per heavy atom. The highest BCUT2D eigenvalue weighted by Crippen LogP contribution is 2.07. The van der Waals surface area contributed by atoms with Crippen molar-refractivity contribution in [2.75, 3.05) is 0 Å². The average molecular weight is 157 g/mol. The van der Waals surface area contributed by atoms with E-state index < -0.39 is 18.0 Å². The molecule has 0 aromatic carbocycles. The summed E-state index contributed by atoms with van der Waals surface area (Å²) in [5, 5.41) is 2.25. The number of cyclic esters (lactones) is 2. The number of hydrogen-bond donors (Lipinski definition) is 1. The van der Waals surface area contributed by atoms with E-state index in [1.165, 1.54) is 0 Å². The summed E-state index contributed by atoms with van der Waals surface area (Å²) in [7, 11) is 0. The van der Waals surface area contributed by atoms with Crippen LogP contribution in [0.25, 0.3) is 0 Å². The van der Waals surface area contributed by atoms with Crippen LogP contribution in [0.2, 0.25) is 0 Å². The van der Waals surface area contributed by atoms with Crippen LogP contribution >= 0.6 is 0 Å². The fraction of sp³-hybridized carbons (Fsp3) is 0.500. The van der Waals surface area contributed by atoms with Crippen LogP contribution < -0.4 is 5.32 Å². The molecular weight excluding hydrogens is 150 g/mol. The lowest BCUT2D eigenvalue weighted by Gasteiger charge is -2.17. The van der Waals surface area contributed by atoms with Crippen molar-refractivity contribution in [3.05, 3.63) is 0 Å². The van der Waals surface area contributed by atoms with E-state index in [-0.39, 0.29) is 6.42 Å². The molecule has 11 heavy (non-hydrogen) atoms. The van der Waals surface area contributed by atoms with Crippen LogP contribution in [0.3, 0.4) is 0 Å². The van der Waals surface area contributed by atoms with Crippen molar-refractivity contribution < 1.29 is 19.1 Å². The quantitative estimate of drug-likeness (QED) is 0.316. The van der Waals surface area contributed by atoms with Gasteiger partial charge in [-0.3, -0.25) is 9.59 Å². The highest BCUT2D eigenvalue weighted by Gasteiger charge is 2.28. The summed E-state index contributed by atoms with van der Waals surface area (Å²) in [5.74, 6) is -1.20. The Morgan fingerprint density at radius 3 is 2.82 bits per heavy atom. The molecule has 1 heterocycles. The fourth-order valence-corrected chi connectivity index (χ4v) is 0.848. The first kappa shape index (κ1) is 7.71. The van der Waals surface area contributed by atoms with Crippen LogP contribution in [-0.2, 0) is 19.1 Å². The Morgan fingerprint density at radius 2 is 2.27 bits per heavy atom. The molecular formula is C6H7NO4. The van der Waals surface area contributed by atoms with Gasteiger partial charge in [-0.1, -0.05) is 0 Å². The number of ether oxygens (including phenoxy) is 1. The summed E-state index contributed by atoms with van der Waals surface area (Å²) in [6.45, 7) is 0. The number of carbonyl (C=O) groups excluding carboxylic acids is 3. The van der Waals surface area contributed by atoms with Crippen molar-refractivity contribution in [1.82, 2.24) is 5.32 Å². The lowest BCUT2D eigenvalue weighted by molar-refractivity contribution is -0.165. The average Bonchev–Trinajstić information content (AvgIpc) is 1.95. The highest BCUT2D eigenvalue weighted by atomic mass is 16.6. The third kappa shape index (κ3) is 1.76. The van der Waals surface area contributed by atoms with Gasteiger partial charge in [0.25, 0.3) is 0 Å². The predicted molar refractivity (Wildman–Crippen MR) is 33.3 cm³/mol. The number of nitrogens with one attached hydrogen (secondary N) is 1. The summed E-state index contributed by atoms with van der Waals surface area (Å²) >= 11 is 0. The summed E-state index contributed by atoms with van der Waals surface area (Å²) < 4.78 is 4.25. The second kappa shape index (κ2) is 3.14. The van der Waals surface area contributed by atoms with Crippen molar-refractivity contribution in [2.45, 2.75) is 18.9 Å². The van der Waals surface area contributed by atoms with Crippen molar-refractivity contribution >= 4 is 18.3 Å². The van der Waals surface area contributed by atoms with Crippen LogP contribution in [0, 0.1) is 0 Å². The maximum absolute atomic E-state index is 10.7. The monoisotopic (exact) mass is 157 g/mol. The first-order valence-corrected chi connectivity index (χ1v) is 3.18. The van der Waals surface area contributed by atoms with Crippen molar-refractivity contribution in [1.29, 1.82) is 0 Å². The van der Waals surface area contributed by atoms with E-state index >= 15 is 0 Å². The Balaban J connectivity index is 2.50. The molecule has 1 atom stereocenters. The predicted octanol–water partition coefficient (Wildman–Crippen LogP) is -1.04. The molecule has 1 saturated heterocycles. The Hall–Kier alpha value is -1.39. The van der Waals surface area contributed by atoms with Gasteiger partial charge < -0.3 is 10.1 Å². The van der Waals surface area contributed by atoms with E-state index in [0.717, 1.165) is 0 Å². The lowest BCUT2D eigenvalue weighted by Crippen LogP contribution is -2.42. The molecule has 1 fully saturated rings. The van der Waals surface area contributed by atoms with Gasteiger partial charge >= 0.3 is 11.9 Å². The van der Waals surface area contributed by atoms with E-state index in [1.807, 2.05) is 0 Å². The molecule has 5 heteroatoms. The summed E-state index contributed by atoms with van der Waals surface area (Å²) in [6.07, 6.45) is 0.926. The standard InChI is InChI=1S/C6H7NO4/c8-3-7-4-1-2-5(9)11-6(4)10/h3-4H,1-2H2,(H,7,8)/t4-/m0/s1. The van der Waals surface area contributed by atoms with Gasteiger partial charge in [0.1, 0.15) is 6.04 Å². The largest absolute Gasteiger partial charge is 0.392 e. The minimum atomic E-state index is -0.673. The first-order valence-electron chi connectivity index (χ1n) is 3.18. The van der Waals surface area contributed by atoms with Gasteiger partial charge in [0.2, 0.25) is 6.41 Å². The maximum Gasteiger partial charge on any atom is 0.336 e. The molecule has 0 spiro atoms. The third-order valence-electron chi connectivity index (χ3n) is 1.41. The maximum atomic E-state index is 10.7. The molecule has 1 aliphatic rings. The molecule has 1 N–H and O–H groups in total. The van der Waals surface area contributed by atoms with Crippen molar-refractivity contribution in [2.24, 2.45) is 0 Å². The van der Waals surface area contributed by atoms with Crippen molar-refractivity contribution in [3.8, 4) is 0 Å². The highest BCUT2D eigenvalue weighted by molar-refractivity contribution is 5.92. The molecule has 0 aromatic rings. The number of hydrogen-bond acceptors (Lipinski definition) is 4. The molecule has 0 aliphatic carbocycles. The van der Waals surface area contributed by atoms with E-state index in [2.05, 4.69) is 10.1 Å². The number of rotatable bonds is 2. The third-order valence-corrected chi connectivity index (χ3v) is 1.41. The number of amides is 1. The Labute approximate surface area is 62.7 Å². The molecule has 0 bridgehead atoms. The molecule has 1 rings (SSSR count). The van der Waals surface area contributed by atoms with Gasteiger partial charge in [-0.05, 0) is 6.42 Å². The van der Waals surface area contributed by atoms with E-state index in [1.54, 1.807) is 0 Å². The Bertz CT molecular complexity index is 201.